The number of aromatic nitrogens is 2. The minimum absolute atomic E-state index is 0.00538. The number of nitrogens with one attached hydrogen (secondary N) is 1. The number of ether oxygens (including phenoxy) is 2. The number of piperazine rings is 1. The van der Waals surface area contributed by atoms with E-state index in [2.05, 4.69) is 60.1 Å². The van der Waals surface area contributed by atoms with E-state index in [0.29, 0.717) is 17.3 Å². The number of piperidine rings is 1. The van der Waals surface area contributed by atoms with Crippen molar-refractivity contribution in [3.63, 3.8) is 0 Å². The number of amides is 1. The average molecular weight is 640 g/mol. The number of benzene rings is 2. The molecule has 2 saturated heterocycles. The van der Waals surface area contributed by atoms with E-state index in [1.165, 1.54) is 45.3 Å². The molecule has 2 aliphatic rings. The summed E-state index contributed by atoms with van der Waals surface area (Å²) in [4.78, 5) is 29.4. The lowest BCUT2D eigenvalue weighted by Gasteiger charge is -2.35. The van der Waals surface area contributed by atoms with Gasteiger partial charge in [0.15, 0.2) is 18.1 Å². The van der Waals surface area contributed by atoms with E-state index in [1.54, 1.807) is 7.11 Å². The molecule has 1 amide bonds. The quantitative estimate of drug-likeness (QED) is 0.304. The third-order valence-electron chi connectivity index (χ3n) is 8.27. The lowest BCUT2D eigenvalue weighted by atomic mass is 10.1. The molecule has 10 heteroatoms. The first-order valence-electron chi connectivity index (χ1n) is 15.1. The zero-order valence-corrected chi connectivity index (χ0v) is 26.7. The largest absolute Gasteiger partial charge is 0.493 e. The first kappa shape index (κ1) is 30.5. The molecule has 3 heterocycles. The molecule has 5 rings (SSSR count). The molecule has 0 spiro atoms. The van der Waals surface area contributed by atoms with Crippen LogP contribution in [0.15, 0.2) is 40.9 Å². The van der Waals surface area contributed by atoms with Crippen LogP contribution in [0.1, 0.15) is 50.0 Å². The van der Waals surface area contributed by atoms with Gasteiger partial charge in [-0.2, -0.15) is 0 Å². The van der Waals surface area contributed by atoms with Gasteiger partial charge in [0.1, 0.15) is 11.6 Å². The Morgan fingerprint density at radius 3 is 2.43 bits per heavy atom. The van der Waals surface area contributed by atoms with Crippen molar-refractivity contribution in [3.8, 4) is 11.5 Å². The molecule has 0 saturated carbocycles. The van der Waals surface area contributed by atoms with Crippen LogP contribution in [0.5, 0.6) is 11.5 Å². The van der Waals surface area contributed by atoms with Crippen LogP contribution >= 0.6 is 15.9 Å². The molecule has 3 aromatic rings. The molecule has 0 bridgehead atoms. The Morgan fingerprint density at radius 2 is 1.71 bits per heavy atom. The van der Waals surface area contributed by atoms with E-state index in [0.717, 1.165) is 59.5 Å². The number of likely N-dealkylation sites (tertiary alicyclic amines) is 1. The molecule has 42 heavy (non-hydrogen) atoms. The molecule has 1 N–H and O–H groups in total. The monoisotopic (exact) mass is 638 g/mol. The number of halogens is 1. The Kier molecular flexibility index (Phi) is 10.5. The van der Waals surface area contributed by atoms with Crippen LogP contribution in [0, 0.1) is 6.92 Å². The van der Waals surface area contributed by atoms with Gasteiger partial charge in [-0.05, 0) is 83.1 Å². The SMILES string of the molecule is COc1cc2c(N[C@H](C)c3cccc(Br)c3)nc(C)nc2cc1OCC(=O)N1CCN(CCCN2CCCCC2)CC1. The van der Waals surface area contributed by atoms with Gasteiger partial charge in [0.25, 0.3) is 5.91 Å². The predicted molar refractivity (Wildman–Crippen MR) is 170 cm³/mol. The molecule has 1 aromatic heterocycles. The number of aryl methyl sites for hydroxylation is 1. The molecule has 0 radical (unpaired) electrons. The second-order valence-corrected chi connectivity index (χ2v) is 12.2. The summed E-state index contributed by atoms with van der Waals surface area (Å²) < 4.78 is 12.7. The summed E-state index contributed by atoms with van der Waals surface area (Å²) in [5.41, 5.74) is 1.87. The first-order valence-corrected chi connectivity index (χ1v) is 15.9. The molecule has 2 fully saturated rings. The normalized spacial score (nSPS) is 17.3. The van der Waals surface area contributed by atoms with Crippen molar-refractivity contribution in [2.24, 2.45) is 0 Å². The number of hydrogen-bond acceptors (Lipinski definition) is 8. The van der Waals surface area contributed by atoms with Crippen molar-refractivity contribution in [1.82, 2.24) is 24.7 Å². The zero-order chi connectivity index (χ0) is 29.5. The number of rotatable bonds is 11. The molecule has 0 aliphatic carbocycles. The predicted octanol–water partition coefficient (Wildman–Crippen LogP) is 5.28. The van der Waals surface area contributed by atoms with Gasteiger partial charge in [0.05, 0.1) is 18.7 Å². The minimum Gasteiger partial charge on any atom is -0.493 e. The molecule has 2 aliphatic heterocycles. The van der Waals surface area contributed by atoms with Crippen LogP contribution < -0.4 is 14.8 Å². The fourth-order valence-corrected chi connectivity index (χ4v) is 6.27. The summed E-state index contributed by atoms with van der Waals surface area (Å²) in [7, 11) is 1.60. The maximum atomic E-state index is 13.0. The Bertz CT molecular complexity index is 1360. The van der Waals surface area contributed by atoms with Crippen molar-refractivity contribution < 1.29 is 14.3 Å². The minimum atomic E-state index is -0.0358. The van der Waals surface area contributed by atoms with E-state index < -0.39 is 0 Å². The van der Waals surface area contributed by atoms with Crippen molar-refractivity contribution in [3.05, 3.63) is 52.3 Å². The second kappa shape index (κ2) is 14.5. The van der Waals surface area contributed by atoms with Crippen LogP contribution in [-0.4, -0.2) is 96.6 Å². The highest BCUT2D eigenvalue weighted by Gasteiger charge is 2.23. The van der Waals surface area contributed by atoms with E-state index in [1.807, 2.05) is 36.1 Å². The fraction of sp³-hybridized carbons (Fsp3) is 0.531. The zero-order valence-electron chi connectivity index (χ0n) is 25.1. The molecule has 226 valence electrons. The Morgan fingerprint density at radius 1 is 0.976 bits per heavy atom. The molecule has 0 unspecified atom stereocenters. The first-order chi connectivity index (χ1) is 20.4. The topological polar surface area (TPSA) is 83.1 Å². The molecular formula is C32H43BrN6O3. The van der Waals surface area contributed by atoms with Gasteiger partial charge in [-0.1, -0.05) is 34.5 Å². The average Bonchev–Trinajstić information content (AvgIpc) is 3.00. The second-order valence-electron chi connectivity index (χ2n) is 11.3. The van der Waals surface area contributed by atoms with Gasteiger partial charge in [0.2, 0.25) is 0 Å². The lowest BCUT2D eigenvalue weighted by Crippen LogP contribution is -2.50. The lowest BCUT2D eigenvalue weighted by molar-refractivity contribution is -0.135. The van der Waals surface area contributed by atoms with Gasteiger partial charge >= 0.3 is 0 Å². The Labute approximate surface area is 257 Å². The van der Waals surface area contributed by atoms with Gasteiger partial charge < -0.3 is 24.6 Å². The third kappa shape index (κ3) is 7.90. The van der Waals surface area contributed by atoms with Crippen LogP contribution in [0.3, 0.4) is 0 Å². The van der Waals surface area contributed by atoms with E-state index in [4.69, 9.17) is 9.47 Å². The van der Waals surface area contributed by atoms with Crippen molar-refractivity contribution in [2.45, 2.75) is 45.6 Å². The Hall–Kier alpha value is -2.95. The highest BCUT2D eigenvalue weighted by atomic mass is 79.9. The Balaban J connectivity index is 1.17. The van der Waals surface area contributed by atoms with Crippen molar-refractivity contribution >= 4 is 38.6 Å². The van der Waals surface area contributed by atoms with Crippen LogP contribution in [0.4, 0.5) is 5.82 Å². The summed E-state index contributed by atoms with van der Waals surface area (Å²) >= 11 is 3.55. The third-order valence-corrected chi connectivity index (χ3v) is 8.76. The summed E-state index contributed by atoms with van der Waals surface area (Å²) in [6.45, 7) is 12.0. The molecule has 9 nitrogen and oxygen atoms in total. The van der Waals surface area contributed by atoms with E-state index >= 15 is 0 Å². The van der Waals surface area contributed by atoms with Crippen LogP contribution in [0.2, 0.25) is 0 Å². The summed E-state index contributed by atoms with van der Waals surface area (Å²) in [5, 5.41) is 4.36. The van der Waals surface area contributed by atoms with Crippen molar-refractivity contribution in [2.75, 3.05) is 71.4 Å². The summed E-state index contributed by atoms with van der Waals surface area (Å²) in [6.07, 6.45) is 5.25. The number of carbonyl (C=O) groups excluding carboxylic acids is 1. The molecular weight excluding hydrogens is 596 g/mol. The maximum Gasteiger partial charge on any atom is 0.260 e. The standard InChI is InChI=1S/C32H43BrN6O3/c1-23(25-9-7-10-26(33)19-25)34-32-27-20-29(41-3)30(21-28(27)35-24(2)36-32)42-22-31(40)39-17-15-38(16-18-39)14-8-13-37-11-5-4-6-12-37/h7,9-10,19-21,23H,4-6,8,11-18,22H2,1-3H3,(H,34,35,36)/t23-/m1/s1. The highest BCUT2D eigenvalue weighted by molar-refractivity contribution is 9.10. The number of hydrogen-bond donors (Lipinski definition) is 1. The van der Waals surface area contributed by atoms with Gasteiger partial charge in [-0.3, -0.25) is 9.69 Å². The number of nitrogens with zero attached hydrogens (tertiary/aromatic N) is 5. The molecule has 1 atom stereocenters. The number of methoxy groups -OCH3 is 1. The van der Waals surface area contributed by atoms with Gasteiger partial charge in [-0.25, -0.2) is 9.97 Å². The highest BCUT2D eigenvalue weighted by Crippen LogP contribution is 2.35. The fourth-order valence-electron chi connectivity index (χ4n) is 5.85. The number of anilines is 1. The van der Waals surface area contributed by atoms with Crippen molar-refractivity contribution in [1.29, 1.82) is 0 Å². The van der Waals surface area contributed by atoms with Gasteiger partial charge in [-0.15, -0.1) is 0 Å². The number of fused-ring (bicyclic) bond motifs is 1. The van der Waals surface area contributed by atoms with Crippen LogP contribution in [-0.2, 0) is 4.79 Å². The van der Waals surface area contributed by atoms with E-state index in [-0.39, 0.29) is 18.6 Å². The smallest absolute Gasteiger partial charge is 0.260 e. The van der Waals surface area contributed by atoms with E-state index in [9.17, 15) is 4.79 Å². The molecule has 2 aromatic carbocycles. The maximum absolute atomic E-state index is 13.0. The summed E-state index contributed by atoms with van der Waals surface area (Å²) in [6, 6.07) is 11.9. The summed E-state index contributed by atoms with van der Waals surface area (Å²) in [5.74, 6) is 2.40. The van der Waals surface area contributed by atoms with Crippen LogP contribution in [0.25, 0.3) is 10.9 Å². The number of carbonyl (C=O) groups is 1. The van der Waals surface area contributed by atoms with Gasteiger partial charge in [0, 0.05) is 42.1 Å².